The SMILES string of the molecule is CC1=CC(c2c(C(C)(C)C)cc(C)cc2C(C)(C)C)=C1. The van der Waals surface area contributed by atoms with Crippen LogP contribution in [0.15, 0.2) is 29.9 Å². The van der Waals surface area contributed by atoms with E-state index in [1.54, 1.807) is 0 Å². The molecule has 0 aliphatic heterocycles. The van der Waals surface area contributed by atoms with Crippen molar-refractivity contribution >= 4 is 5.57 Å². The minimum atomic E-state index is 0.166. The first-order valence-electron chi connectivity index (χ1n) is 7.56. The zero-order valence-electron chi connectivity index (χ0n) is 14.3. The van der Waals surface area contributed by atoms with Crippen LogP contribution >= 0.6 is 0 Å². The predicted octanol–water partition coefficient (Wildman–Crippen LogP) is 5.93. The van der Waals surface area contributed by atoms with Gasteiger partial charge in [0, 0.05) is 0 Å². The lowest BCUT2D eigenvalue weighted by atomic mass is 9.72. The van der Waals surface area contributed by atoms with Crippen molar-refractivity contribution < 1.29 is 0 Å². The second-order valence-corrected chi connectivity index (χ2v) is 8.22. The molecule has 2 rings (SSSR count). The van der Waals surface area contributed by atoms with Gasteiger partial charge in [-0.15, -0.1) is 0 Å². The Morgan fingerprint density at radius 2 is 1.10 bits per heavy atom. The highest BCUT2D eigenvalue weighted by molar-refractivity contribution is 5.87. The Morgan fingerprint density at radius 1 is 0.700 bits per heavy atom. The molecule has 0 nitrogen and oxygen atoms in total. The van der Waals surface area contributed by atoms with E-state index in [-0.39, 0.29) is 10.8 Å². The largest absolute Gasteiger partial charge is 0.0561 e. The molecular formula is C20H28. The van der Waals surface area contributed by atoms with Gasteiger partial charge in [0.1, 0.15) is 0 Å². The summed E-state index contributed by atoms with van der Waals surface area (Å²) in [5.41, 5.74) is 8.87. The predicted molar refractivity (Wildman–Crippen MR) is 90.3 cm³/mol. The molecule has 0 heteroatoms. The van der Waals surface area contributed by atoms with Crippen molar-refractivity contribution in [3.05, 3.63) is 52.1 Å². The lowest BCUT2D eigenvalue weighted by molar-refractivity contribution is 0.564. The number of hydrogen-bond donors (Lipinski definition) is 0. The molecule has 0 radical (unpaired) electrons. The van der Waals surface area contributed by atoms with Crippen molar-refractivity contribution in [1.29, 1.82) is 0 Å². The Morgan fingerprint density at radius 3 is 1.40 bits per heavy atom. The van der Waals surface area contributed by atoms with E-state index in [9.17, 15) is 0 Å². The van der Waals surface area contributed by atoms with E-state index >= 15 is 0 Å². The monoisotopic (exact) mass is 268 g/mol. The number of hydrogen-bond acceptors (Lipinski definition) is 0. The van der Waals surface area contributed by atoms with E-state index in [2.05, 4.69) is 79.7 Å². The normalized spacial score (nSPS) is 15.6. The lowest BCUT2D eigenvalue weighted by Gasteiger charge is -2.33. The van der Waals surface area contributed by atoms with Gasteiger partial charge in [0.25, 0.3) is 0 Å². The number of aryl methyl sites for hydroxylation is 1. The molecule has 0 saturated carbocycles. The van der Waals surface area contributed by atoms with Gasteiger partial charge in [0.2, 0.25) is 0 Å². The Hall–Kier alpha value is -1.30. The van der Waals surface area contributed by atoms with E-state index in [4.69, 9.17) is 0 Å². The maximum Gasteiger partial charge on any atom is -0.0109 e. The van der Waals surface area contributed by atoms with Crippen LogP contribution in [0.3, 0.4) is 0 Å². The highest BCUT2D eigenvalue weighted by Crippen LogP contribution is 2.41. The first kappa shape index (κ1) is 15.1. The van der Waals surface area contributed by atoms with Crippen molar-refractivity contribution in [1.82, 2.24) is 0 Å². The lowest BCUT2D eigenvalue weighted by Crippen LogP contribution is -2.21. The van der Waals surface area contributed by atoms with Crippen LogP contribution < -0.4 is 0 Å². The molecule has 108 valence electrons. The minimum Gasteiger partial charge on any atom is -0.0561 e. The van der Waals surface area contributed by atoms with Crippen LogP contribution in [-0.4, -0.2) is 0 Å². The first-order valence-corrected chi connectivity index (χ1v) is 7.56. The molecule has 0 bridgehead atoms. The van der Waals surface area contributed by atoms with Crippen molar-refractivity contribution in [3.63, 3.8) is 0 Å². The number of rotatable bonds is 1. The molecule has 1 aromatic carbocycles. The van der Waals surface area contributed by atoms with Crippen molar-refractivity contribution in [2.75, 3.05) is 0 Å². The zero-order valence-corrected chi connectivity index (χ0v) is 14.3. The summed E-state index contributed by atoms with van der Waals surface area (Å²) < 4.78 is 0. The molecule has 1 aliphatic carbocycles. The number of allylic oxidation sites excluding steroid dienone is 4. The molecule has 0 N–H and O–H groups in total. The van der Waals surface area contributed by atoms with Gasteiger partial charge in [0.15, 0.2) is 0 Å². The van der Waals surface area contributed by atoms with E-state index in [0.717, 1.165) is 0 Å². The third kappa shape index (κ3) is 2.75. The van der Waals surface area contributed by atoms with Gasteiger partial charge in [-0.2, -0.15) is 0 Å². The van der Waals surface area contributed by atoms with Crippen molar-refractivity contribution in [3.8, 4) is 0 Å². The third-order valence-electron chi connectivity index (χ3n) is 3.95. The Kier molecular flexibility index (Phi) is 3.48. The summed E-state index contributed by atoms with van der Waals surface area (Å²) in [7, 11) is 0. The van der Waals surface area contributed by atoms with E-state index < -0.39 is 0 Å². The smallest absolute Gasteiger partial charge is 0.0109 e. The molecule has 0 atom stereocenters. The summed E-state index contributed by atoms with van der Waals surface area (Å²) in [5, 5.41) is 0. The van der Waals surface area contributed by atoms with Crippen LogP contribution in [0.5, 0.6) is 0 Å². The van der Waals surface area contributed by atoms with E-state index in [1.165, 1.54) is 33.4 Å². The fraction of sp³-hybridized carbons (Fsp3) is 0.500. The highest BCUT2D eigenvalue weighted by atomic mass is 14.3. The average Bonchev–Trinajstić information content (AvgIpc) is 2.21. The molecule has 1 aliphatic rings. The summed E-state index contributed by atoms with van der Waals surface area (Å²) in [6.45, 7) is 18.3. The van der Waals surface area contributed by atoms with Crippen molar-refractivity contribution in [2.24, 2.45) is 0 Å². The summed E-state index contributed by atoms with van der Waals surface area (Å²) >= 11 is 0. The van der Waals surface area contributed by atoms with Crippen molar-refractivity contribution in [2.45, 2.75) is 66.2 Å². The second kappa shape index (κ2) is 4.62. The second-order valence-electron chi connectivity index (χ2n) is 8.22. The topological polar surface area (TPSA) is 0 Å². The quantitative estimate of drug-likeness (QED) is 0.592. The fourth-order valence-electron chi connectivity index (χ4n) is 2.90. The van der Waals surface area contributed by atoms with Gasteiger partial charge in [-0.25, -0.2) is 0 Å². The Labute approximate surface area is 124 Å². The standard InChI is InChI=1S/C20H28/c1-13-9-15(10-13)18-16(19(3,4)5)11-14(2)12-17(18)20(6,7)8/h9-12H,1-8H3. The summed E-state index contributed by atoms with van der Waals surface area (Å²) in [5.74, 6) is 0. The minimum absolute atomic E-state index is 0.166. The van der Waals surface area contributed by atoms with Gasteiger partial charge >= 0.3 is 0 Å². The van der Waals surface area contributed by atoms with Crippen LogP contribution in [0.2, 0.25) is 0 Å². The molecule has 20 heavy (non-hydrogen) atoms. The molecule has 0 saturated heterocycles. The molecule has 0 heterocycles. The van der Waals surface area contributed by atoms with Gasteiger partial charge in [0.05, 0.1) is 0 Å². The third-order valence-corrected chi connectivity index (χ3v) is 3.95. The molecule has 0 unspecified atom stereocenters. The highest BCUT2D eigenvalue weighted by Gasteiger charge is 2.28. The van der Waals surface area contributed by atoms with Gasteiger partial charge in [-0.1, -0.05) is 71.4 Å². The van der Waals surface area contributed by atoms with Crippen LogP contribution in [0.25, 0.3) is 5.57 Å². The van der Waals surface area contributed by atoms with E-state index in [0.29, 0.717) is 0 Å². The summed E-state index contributed by atoms with van der Waals surface area (Å²) in [6.07, 6.45) is 4.63. The summed E-state index contributed by atoms with van der Waals surface area (Å²) in [4.78, 5) is 0. The molecule has 0 amide bonds. The molecule has 0 aromatic heterocycles. The summed E-state index contributed by atoms with van der Waals surface area (Å²) in [6, 6.07) is 4.74. The van der Waals surface area contributed by atoms with Crippen LogP contribution in [-0.2, 0) is 10.8 Å². The molecule has 0 fully saturated rings. The van der Waals surface area contributed by atoms with Gasteiger partial charge in [-0.3, -0.25) is 0 Å². The molecule has 0 spiro atoms. The molecule has 1 aromatic rings. The van der Waals surface area contributed by atoms with Crippen LogP contribution in [0.4, 0.5) is 0 Å². The van der Waals surface area contributed by atoms with E-state index in [1.807, 2.05) is 0 Å². The van der Waals surface area contributed by atoms with Gasteiger partial charge in [-0.05, 0) is 52.5 Å². The molecular weight excluding hydrogens is 240 g/mol. The average molecular weight is 268 g/mol. The van der Waals surface area contributed by atoms with Crippen LogP contribution in [0.1, 0.15) is 70.7 Å². The maximum atomic E-state index is 2.37. The maximum absolute atomic E-state index is 2.37. The zero-order chi connectivity index (χ0) is 15.3. The fourth-order valence-corrected chi connectivity index (χ4v) is 2.90. The van der Waals surface area contributed by atoms with Gasteiger partial charge < -0.3 is 0 Å². The Balaban J connectivity index is 2.75. The number of benzene rings is 1. The Bertz CT molecular complexity index is 561. The first-order chi connectivity index (χ1) is 9.00. The van der Waals surface area contributed by atoms with Crippen LogP contribution in [0, 0.1) is 6.92 Å².